The zero-order chi connectivity index (χ0) is 13.7. The Morgan fingerprint density at radius 3 is 2.45 bits per heavy atom. The minimum absolute atomic E-state index is 0. The fourth-order valence-electron chi connectivity index (χ4n) is 2.82. The van der Waals surface area contributed by atoms with E-state index in [1.54, 1.807) is 0 Å². The number of carbonyl (C=O) groups excluding carboxylic acids is 1. The van der Waals surface area contributed by atoms with E-state index in [1.807, 2.05) is 39.9 Å². The Bertz CT molecular complexity index is 290. The summed E-state index contributed by atoms with van der Waals surface area (Å²) in [7, 11) is 17.0. The van der Waals surface area contributed by atoms with E-state index in [-0.39, 0.29) is 57.3 Å². The van der Waals surface area contributed by atoms with Crippen molar-refractivity contribution in [2.75, 3.05) is 13.1 Å². The van der Waals surface area contributed by atoms with Gasteiger partial charge in [0, 0.05) is 69.0 Å². The van der Waals surface area contributed by atoms with Crippen molar-refractivity contribution in [2.24, 2.45) is 0 Å². The van der Waals surface area contributed by atoms with E-state index in [4.69, 9.17) is 0 Å². The zero-order valence-electron chi connectivity index (χ0n) is 12.8. The van der Waals surface area contributed by atoms with Crippen LogP contribution in [0.4, 0.5) is 0 Å². The monoisotopic (exact) mass is 278 g/mol. The van der Waals surface area contributed by atoms with Crippen LogP contribution in [-0.2, 0) is 4.79 Å². The van der Waals surface area contributed by atoms with Crippen LogP contribution in [0.3, 0.4) is 0 Å². The molecule has 3 saturated heterocycles. The molecule has 3 rings (SSSR count). The molecule has 2 unspecified atom stereocenters. The van der Waals surface area contributed by atoms with Crippen molar-refractivity contribution in [3.63, 3.8) is 0 Å². The number of carbonyl (C=O) groups is 1. The molecule has 12 heteroatoms. The van der Waals surface area contributed by atoms with E-state index >= 15 is 0 Å². The number of hydrogen-bond acceptors (Lipinski definition) is 1. The molecule has 3 fully saturated rings. The fraction of sp³-hybridized carbons (Fsp3) is 0.875. The van der Waals surface area contributed by atoms with Crippen molar-refractivity contribution in [2.45, 2.75) is 31.8 Å². The normalized spacial score (nSPS) is 23.0. The van der Waals surface area contributed by atoms with Crippen LogP contribution >= 0.6 is 0 Å². The summed E-state index contributed by atoms with van der Waals surface area (Å²) in [6.45, 7) is 6.14. The first-order valence-electron chi connectivity index (χ1n) is 7.24. The zero-order valence-corrected chi connectivity index (χ0v) is 16.0. The minimum Gasteiger partial charge on any atom is -0.343 e. The van der Waals surface area contributed by atoms with Crippen LogP contribution in [0.1, 0.15) is 20.3 Å². The van der Waals surface area contributed by atoms with Gasteiger partial charge in [-0.2, -0.15) is 0 Å². The van der Waals surface area contributed by atoms with Crippen molar-refractivity contribution in [3.05, 3.63) is 0 Å². The van der Waals surface area contributed by atoms with Gasteiger partial charge in [0.05, 0.1) is 13.7 Å². The molecular weight excluding hydrogens is 263 g/mol. The number of nitrogens with zero attached hydrogens (tertiary/aromatic N) is 1. The summed E-state index contributed by atoms with van der Waals surface area (Å²) in [5.41, 5.74) is 0.442. The standard InChI is InChI=1S/C8H14B9NO.K/c1-3-18(4-2)7(19)5-6-8-9-11-12-13-14-15-16-17(6)10-8;/h6,8H,3-5H2,1-2H3;/q;+1. The first-order valence-corrected chi connectivity index (χ1v) is 7.24. The fourth-order valence-corrected chi connectivity index (χ4v) is 2.82. The van der Waals surface area contributed by atoms with Crippen molar-refractivity contribution >= 4 is 69.1 Å². The summed E-state index contributed by atoms with van der Waals surface area (Å²) < 4.78 is 0. The largest absolute Gasteiger partial charge is 1.00 e. The third kappa shape index (κ3) is 5.40. The van der Waals surface area contributed by atoms with Gasteiger partial charge < -0.3 is 4.90 Å². The summed E-state index contributed by atoms with van der Waals surface area (Å²) in [5, 5.41) is 0. The van der Waals surface area contributed by atoms with Crippen molar-refractivity contribution in [1.29, 1.82) is 0 Å². The van der Waals surface area contributed by atoms with Gasteiger partial charge in [-0.3, -0.25) is 4.79 Å². The summed E-state index contributed by atoms with van der Waals surface area (Å²) in [6.07, 6.45) is 0.659. The van der Waals surface area contributed by atoms with Crippen LogP contribution in [0.15, 0.2) is 0 Å². The van der Waals surface area contributed by atoms with E-state index in [1.165, 1.54) is 0 Å². The molecule has 1 amide bonds. The van der Waals surface area contributed by atoms with Gasteiger partial charge >= 0.3 is 51.4 Å². The summed E-state index contributed by atoms with van der Waals surface area (Å²) >= 11 is 0. The van der Waals surface area contributed by atoms with E-state index < -0.39 is 0 Å². The van der Waals surface area contributed by atoms with Crippen LogP contribution in [-0.4, -0.2) is 87.1 Å². The molecule has 2 nitrogen and oxygen atoms in total. The first-order chi connectivity index (χ1) is 9.26. The van der Waals surface area contributed by atoms with E-state index in [9.17, 15) is 4.79 Å². The molecule has 3 aliphatic heterocycles. The summed E-state index contributed by atoms with van der Waals surface area (Å²) in [4.78, 5) is 14.2. The van der Waals surface area contributed by atoms with Gasteiger partial charge in [0.25, 0.3) is 0 Å². The Labute approximate surface area is 173 Å². The van der Waals surface area contributed by atoms with Gasteiger partial charge in [0.15, 0.2) is 0 Å². The Hall–Kier alpha value is 1.69. The molecule has 0 saturated carbocycles. The van der Waals surface area contributed by atoms with Crippen LogP contribution in [0.5, 0.6) is 0 Å². The Kier molecular flexibility index (Phi) is 10.3. The Morgan fingerprint density at radius 1 is 1.10 bits per heavy atom. The maximum Gasteiger partial charge on any atom is 1.00 e. The van der Waals surface area contributed by atoms with Gasteiger partial charge in [0.2, 0.25) is 5.91 Å². The average molecular weight is 277 g/mol. The molecule has 84 valence electrons. The average Bonchev–Trinajstić information content (AvgIpc) is 2.43. The molecule has 8 radical (unpaired) electrons. The number of hydrogen-bond donors (Lipinski definition) is 0. The number of fused-ring (bicyclic) bond motifs is 6. The molecule has 0 aromatic heterocycles. The maximum absolute atomic E-state index is 12.2. The van der Waals surface area contributed by atoms with Crippen LogP contribution in [0.25, 0.3) is 0 Å². The maximum atomic E-state index is 12.2. The Morgan fingerprint density at radius 2 is 1.75 bits per heavy atom. The predicted octanol–water partition coefficient (Wildman–Crippen LogP) is -5.00. The third-order valence-electron chi connectivity index (χ3n) is 4.07. The molecule has 0 aliphatic carbocycles. The van der Waals surface area contributed by atoms with Gasteiger partial charge in [-0.1, -0.05) is 5.82 Å². The minimum atomic E-state index is 0. The second-order valence-corrected chi connectivity index (χ2v) is 5.13. The quantitative estimate of drug-likeness (QED) is 0.471. The molecule has 20 heavy (non-hydrogen) atoms. The smallest absolute Gasteiger partial charge is 0.343 e. The second-order valence-electron chi connectivity index (χ2n) is 5.13. The molecule has 0 aromatic rings. The molecule has 0 N–H and O–H groups in total. The molecular formula is C8H14B9KNO+. The second kappa shape index (κ2) is 10.5. The van der Waals surface area contributed by atoms with Gasteiger partial charge in [-0.15, -0.1) is 5.72 Å². The predicted molar refractivity (Wildman–Crippen MR) is 91.8 cm³/mol. The van der Waals surface area contributed by atoms with Gasteiger partial charge in [0.1, 0.15) is 0 Å². The molecule has 0 aromatic carbocycles. The number of rotatable bonds is 4. The molecule has 2 bridgehead atoms. The van der Waals surface area contributed by atoms with Gasteiger partial charge in [-0.25, -0.2) is 0 Å². The molecule has 2 atom stereocenters. The summed E-state index contributed by atoms with van der Waals surface area (Å²) in [5.74, 6) is 0.719. The molecule has 3 aliphatic rings. The summed E-state index contributed by atoms with van der Waals surface area (Å²) in [6, 6.07) is 0. The SMILES string of the molecule is CCN(CC)C(=O)CC1B2[B][B][B][B][B][B][B]C1[B]2.[K+]. The van der Waals surface area contributed by atoms with E-state index in [2.05, 4.69) is 35.5 Å². The molecule has 0 spiro atoms. The van der Waals surface area contributed by atoms with Gasteiger partial charge in [-0.05, 0) is 13.8 Å². The van der Waals surface area contributed by atoms with E-state index in [0.717, 1.165) is 13.1 Å². The number of amides is 1. The van der Waals surface area contributed by atoms with Crippen LogP contribution in [0.2, 0.25) is 11.5 Å². The van der Waals surface area contributed by atoms with Crippen molar-refractivity contribution in [1.82, 2.24) is 4.90 Å². The van der Waals surface area contributed by atoms with Crippen molar-refractivity contribution in [3.8, 4) is 0 Å². The topological polar surface area (TPSA) is 20.3 Å². The van der Waals surface area contributed by atoms with Crippen LogP contribution in [0, 0.1) is 0 Å². The van der Waals surface area contributed by atoms with Crippen molar-refractivity contribution < 1.29 is 56.2 Å². The third-order valence-corrected chi connectivity index (χ3v) is 4.07. The first kappa shape index (κ1) is 19.7. The Balaban J connectivity index is 0.00000200. The molecule has 3 heterocycles. The van der Waals surface area contributed by atoms with Crippen LogP contribution < -0.4 is 51.4 Å². The van der Waals surface area contributed by atoms with E-state index in [0.29, 0.717) is 24.4 Å².